The zero-order chi connectivity index (χ0) is 16.9. The Balaban J connectivity index is 2.90. The number of alkyl carbamates (subject to hydrolysis) is 1. The molecule has 7 nitrogen and oxygen atoms in total. The van der Waals surface area contributed by atoms with Gasteiger partial charge in [-0.2, -0.15) is 0 Å². The van der Waals surface area contributed by atoms with E-state index in [0.29, 0.717) is 5.56 Å². The molecule has 0 fully saturated rings. The SMILES string of the molecule is COc1cc(CNC(=O)OC(C)(C)C)cc(F)c1C(N)=NO. The quantitative estimate of drug-likeness (QED) is 0.341. The third kappa shape index (κ3) is 4.80. The summed E-state index contributed by atoms with van der Waals surface area (Å²) in [5.74, 6) is -1.03. The van der Waals surface area contributed by atoms with Gasteiger partial charge in [-0.1, -0.05) is 5.16 Å². The standard InChI is InChI=1S/C14H20FN3O4/c1-14(2,3)22-13(19)17-7-8-5-9(15)11(12(16)18-20)10(6-8)21-4/h5-6,20H,7H2,1-4H3,(H2,16,18)(H,17,19). The Morgan fingerprint density at radius 1 is 1.45 bits per heavy atom. The Morgan fingerprint density at radius 3 is 2.59 bits per heavy atom. The lowest BCUT2D eigenvalue weighted by Gasteiger charge is -2.20. The summed E-state index contributed by atoms with van der Waals surface area (Å²) in [6, 6.07) is 2.64. The second-order valence-electron chi connectivity index (χ2n) is 5.50. The molecule has 0 aliphatic carbocycles. The molecule has 0 heterocycles. The zero-order valence-corrected chi connectivity index (χ0v) is 12.9. The van der Waals surface area contributed by atoms with Crippen molar-refractivity contribution in [1.82, 2.24) is 5.32 Å². The van der Waals surface area contributed by atoms with Gasteiger partial charge in [-0.25, -0.2) is 9.18 Å². The van der Waals surface area contributed by atoms with Gasteiger partial charge in [0.1, 0.15) is 17.2 Å². The number of oxime groups is 1. The number of ether oxygens (including phenoxy) is 2. The molecule has 0 spiro atoms. The molecule has 8 heteroatoms. The number of benzene rings is 1. The molecule has 0 aliphatic heterocycles. The molecule has 1 rings (SSSR count). The van der Waals surface area contributed by atoms with Gasteiger partial charge in [-0.3, -0.25) is 0 Å². The zero-order valence-electron chi connectivity index (χ0n) is 12.9. The lowest BCUT2D eigenvalue weighted by Crippen LogP contribution is -2.32. The minimum absolute atomic E-state index is 0.0403. The van der Waals surface area contributed by atoms with Crippen LogP contribution < -0.4 is 15.8 Å². The number of nitrogens with one attached hydrogen (secondary N) is 1. The number of hydrogen-bond acceptors (Lipinski definition) is 5. The van der Waals surface area contributed by atoms with Crippen LogP contribution in [0.15, 0.2) is 17.3 Å². The highest BCUT2D eigenvalue weighted by Gasteiger charge is 2.18. The average molecular weight is 313 g/mol. The summed E-state index contributed by atoms with van der Waals surface area (Å²) < 4.78 is 24.1. The predicted molar refractivity (Wildman–Crippen MR) is 78.5 cm³/mol. The van der Waals surface area contributed by atoms with Gasteiger partial charge in [0.15, 0.2) is 5.84 Å². The van der Waals surface area contributed by atoms with Crippen LogP contribution in [0.25, 0.3) is 0 Å². The smallest absolute Gasteiger partial charge is 0.407 e. The van der Waals surface area contributed by atoms with E-state index in [-0.39, 0.29) is 17.9 Å². The molecule has 1 amide bonds. The fourth-order valence-corrected chi connectivity index (χ4v) is 1.68. The summed E-state index contributed by atoms with van der Waals surface area (Å²) in [6.45, 7) is 5.25. The monoisotopic (exact) mass is 313 g/mol. The third-order valence-corrected chi connectivity index (χ3v) is 2.53. The van der Waals surface area contributed by atoms with Crippen LogP contribution in [0.5, 0.6) is 5.75 Å². The van der Waals surface area contributed by atoms with Crippen molar-refractivity contribution >= 4 is 11.9 Å². The first kappa shape index (κ1) is 17.5. The highest BCUT2D eigenvalue weighted by atomic mass is 19.1. The number of hydrogen-bond donors (Lipinski definition) is 3. The lowest BCUT2D eigenvalue weighted by molar-refractivity contribution is 0.0523. The number of methoxy groups -OCH3 is 1. The lowest BCUT2D eigenvalue weighted by atomic mass is 10.1. The van der Waals surface area contributed by atoms with Crippen molar-refractivity contribution in [3.8, 4) is 5.75 Å². The van der Waals surface area contributed by atoms with E-state index in [4.69, 9.17) is 20.4 Å². The van der Waals surface area contributed by atoms with Gasteiger partial charge in [-0.05, 0) is 38.5 Å². The highest BCUT2D eigenvalue weighted by Crippen LogP contribution is 2.23. The summed E-state index contributed by atoms with van der Waals surface area (Å²) in [4.78, 5) is 11.6. The first-order valence-corrected chi connectivity index (χ1v) is 6.49. The van der Waals surface area contributed by atoms with E-state index in [2.05, 4.69) is 10.5 Å². The van der Waals surface area contributed by atoms with E-state index >= 15 is 0 Å². The molecule has 1 aromatic carbocycles. The minimum atomic E-state index is -0.726. The van der Waals surface area contributed by atoms with Gasteiger partial charge in [0.2, 0.25) is 0 Å². The molecule has 122 valence electrons. The van der Waals surface area contributed by atoms with Crippen molar-refractivity contribution in [2.24, 2.45) is 10.9 Å². The molecule has 22 heavy (non-hydrogen) atoms. The van der Waals surface area contributed by atoms with Crippen molar-refractivity contribution in [3.63, 3.8) is 0 Å². The summed E-state index contributed by atoms with van der Waals surface area (Å²) in [7, 11) is 1.33. The van der Waals surface area contributed by atoms with Crippen molar-refractivity contribution in [3.05, 3.63) is 29.1 Å². The molecular formula is C14H20FN3O4. The molecular weight excluding hydrogens is 293 g/mol. The van der Waals surface area contributed by atoms with E-state index in [1.807, 2.05) is 0 Å². The molecule has 0 saturated carbocycles. The number of carbonyl (C=O) groups excluding carboxylic acids is 1. The van der Waals surface area contributed by atoms with Gasteiger partial charge in [0.05, 0.1) is 12.7 Å². The Labute approximate surface area is 127 Å². The topological polar surface area (TPSA) is 106 Å². The summed E-state index contributed by atoms with van der Waals surface area (Å²) in [5, 5.41) is 13.9. The Bertz CT molecular complexity index is 582. The molecule has 0 saturated heterocycles. The number of rotatable bonds is 4. The van der Waals surface area contributed by atoms with Gasteiger partial charge in [0.25, 0.3) is 0 Å². The number of carbonyl (C=O) groups is 1. The Morgan fingerprint density at radius 2 is 2.09 bits per heavy atom. The van der Waals surface area contributed by atoms with Crippen LogP contribution in [0.1, 0.15) is 31.9 Å². The Kier molecular flexibility index (Phi) is 5.56. The number of amides is 1. The molecule has 1 aromatic rings. The number of nitrogens with zero attached hydrogens (tertiary/aromatic N) is 1. The second kappa shape index (κ2) is 6.97. The summed E-state index contributed by atoms with van der Waals surface area (Å²) >= 11 is 0. The van der Waals surface area contributed by atoms with Crippen LogP contribution in [0, 0.1) is 5.82 Å². The molecule has 0 aromatic heterocycles. The normalized spacial score (nSPS) is 12.0. The van der Waals surface area contributed by atoms with Gasteiger partial charge >= 0.3 is 6.09 Å². The summed E-state index contributed by atoms with van der Waals surface area (Å²) in [6.07, 6.45) is -0.618. The molecule has 0 bridgehead atoms. The van der Waals surface area contributed by atoms with E-state index < -0.39 is 23.3 Å². The maximum absolute atomic E-state index is 14.0. The van der Waals surface area contributed by atoms with Crippen molar-refractivity contribution in [2.45, 2.75) is 32.9 Å². The first-order valence-electron chi connectivity index (χ1n) is 6.49. The highest BCUT2D eigenvalue weighted by molar-refractivity contribution is 5.99. The summed E-state index contributed by atoms with van der Waals surface area (Å²) in [5.41, 5.74) is 5.07. The van der Waals surface area contributed by atoms with Crippen LogP contribution in [0.4, 0.5) is 9.18 Å². The van der Waals surface area contributed by atoms with Crippen molar-refractivity contribution in [1.29, 1.82) is 0 Å². The van der Waals surface area contributed by atoms with E-state index in [1.165, 1.54) is 13.2 Å². The fourth-order valence-electron chi connectivity index (χ4n) is 1.68. The van der Waals surface area contributed by atoms with Crippen LogP contribution in [-0.2, 0) is 11.3 Å². The third-order valence-electron chi connectivity index (χ3n) is 2.53. The largest absolute Gasteiger partial charge is 0.496 e. The molecule has 0 atom stereocenters. The minimum Gasteiger partial charge on any atom is -0.496 e. The maximum atomic E-state index is 14.0. The first-order chi connectivity index (χ1) is 10.2. The average Bonchev–Trinajstić information content (AvgIpc) is 2.41. The second-order valence-corrected chi connectivity index (χ2v) is 5.50. The van der Waals surface area contributed by atoms with Gasteiger partial charge in [0, 0.05) is 6.54 Å². The van der Waals surface area contributed by atoms with E-state index in [1.54, 1.807) is 20.8 Å². The van der Waals surface area contributed by atoms with Gasteiger partial charge < -0.3 is 25.7 Å². The van der Waals surface area contributed by atoms with Crippen LogP contribution in [-0.4, -0.2) is 29.8 Å². The van der Waals surface area contributed by atoms with Crippen LogP contribution >= 0.6 is 0 Å². The van der Waals surface area contributed by atoms with Crippen LogP contribution in [0.2, 0.25) is 0 Å². The number of amidine groups is 1. The number of halogens is 1. The maximum Gasteiger partial charge on any atom is 0.407 e. The number of nitrogens with two attached hydrogens (primary N) is 1. The predicted octanol–water partition coefficient (Wildman–Crippen LogP) is 1.95. The fraction of sp³-hybridized carbons (Fsp3) is 0.429. The van der Waals surface area contributed by atoms with E-state index in [9.17, 15) is 9.18 Å². The molecule has 0 aliphatic rings. The van der Waals surface area contributed by atoms with Crippen LogP contribution in [0.3, 0.4) is 0 Å². The van der Waals surface area contributed by atoms with Gasteiger partial charge in [-0.15, -0.1) is 0 Å². The van der Waals surface area contributed by atoms with Crippen molar-refractivity contribution in [2.75, 3.05) is 7.11 Å². The molecule has 0 radical (unpaired) electrons. The Hall–Kier alpha value is -2.51. The molecule has 4 N–H and O–H groups in total. The molecule has 0 unspecified atom stereocenters. The van der Waals surface area contributed by atoms with E-state index in [0.717, 1.165) is 6.07 Å². The van der Waals surface area contributed by atoms with Crippen molar-refractivity contribution < 1.29 is 23.9 Å².